The van der Waals surface area contributed by atoms with E-state index < -0.39 is 0 Å². The monoisotopic (exact) mass is 361 g/mol. The molecule has 0 aliphatic heterocycles. The lowest BCUT2D eigenvalue weighted by Crippen LogP contribution is -2.09. The molecule has 0 saturated heterocycles. The first-order valence-corrected chi connectivity index (χ1v) is 7.95. The lowest BCUT2D eigenvalue weighted by atomic mass is 10.2. The lowest BCUT2D eigenvalue weighted by Gasteiger charge is -2.01. The zero-order valence-corrected chi connectivity index (χ0v) is 13.4. The van der Waals surface area contributed by atoms with Gasteiger partial charge in [0.1, 0.15) is 0 Å². The van der Waals surface area contributed by atoms with Crippen LogP contribution in [0.1, 0.15) is 15.2 Å². The highest BCUT2D eigenvalue weighted by Crippen LogP contribution is 2.22. The smallest absolute Gasteiger partial charge is 0.265 e. The molecule has 3 rings (SSSR count). The van der Waals surface area contributed by atoms with Crippen LogP contribution in [0.25, 0.3) is 0 Å². The highest BCUT2D eigenvalue weighted by Gasteiger charge is 2.10. The summed E-state index contributed by atoms with van der Waals surface area (Å²) in [5.74, 6) is -0.120. The van der Waals surface area contributed by atoms with Crippen LogP contribution in [0.4, 0.5) is 5.69 Å². The van der Waals surface area contributed by atoms with E-state index in [-0.39, 0.29) is 5.91 Å². The van der Waals surface area contributed by atoms with Crippen LogP contribution in [-0.4, -0.2) is 15.7 Å². The zero-order chi connectivity index (χ0) is 14.7. The summed E-state index contributed by atoms with van der Waals surface area (Å²) in [7, 11) is 0. The number of rotatable bonds is 4. The predicted octanol–water partition coefficient (Wildman–Crippen LogP) is 4.01. The predicted molar refractivity (Wildman–Crippen MR) is 87.7 cm³/mol. The van der Waals surface area contributed by atoms with E-state index >= 15 is 0 Å². The number of hydrogen-bond acceptors (Lipinski definition) is 3. The fourth-order valence-electron chi connectivity index (χ4n) is 1.91. The first-order valence-electron chi connectivity index (χ1n) is 6.34. The van der Waals surface area contributed by atoms with Gasteiger partial charge in [0.15, 0.2) is 0 Å². The van der Waals surface area contributed by atoms with E-state index in [9.17, 15) is 4.79 Å². The maximum atomic E-state index is 12.0. The third-order valence-electron chi connectivity index (χ3n) is 2.88. The number of amides is 1. The van der Waals surface area contributed by atoms with Crippen molar-refractivity contribution in [2.24, 2.45) is 0 Å². The van der Waals surface area contributed by atoms with E-state index in [0.717, 1.165) is 3.79 Å². The van der Waals surface area contributed by atoms with Gasteiger partial charge in [0.05, 0.1) is 27.1 Å². The summed E-state index contributed by atoms with van der Waals surface area (Å²) >= 11 is 4.75. The molecule has 0 aliphatic rings. The Bertz CT molecular complexity index is 751. The van der Waals surface area contributed by atoms with Crippen molar-refractivity contribution in [3.8, 4) is 0 Å². The minimum atomic E-state index is -0.120. The molecule has 1 N–H and O–H groups in total. The quantitative estimate of drug-likeness (QED) is 0.762. The van der Waals surface area contributed by atoms with Gasteiger partial charge < -0.3 is 5.32 Å². The van der Waals surface area contributed by atoms with Gasteiger partial charge in [-0.25, -0.2) is 0 Å². The molecule has 0 atom stereocenters. The van der Waals surface area contributed by atoms with Crippen molar-refractivity contribution < 1.29 is 4.79 Å². The molecular formula is C15H12BrN3OS. The molecule has 1 aromatic carbocycles. The van der Waals surface area contributed by atoms with Crippen LogP contribution in [0, 0.1) is 0 Å². The second kappa shape index (κ2) is 6.24. The van der Waals surface area contributed by atoms with Gasteiger partial charge in [0.2, 0.25) is 0 Å². The average molecular weight is 362 g/mol. The summed E-state index contributed by atoms with van der Waals surface area (Å²) in [5.41, 5.74) is 1.86. The molecule has 2 heterocycles. The number of thiophene rings is 1. The van der Waals surface area contributed by atoms with Crippen LogP contribution in [0.3, 0.4) is 0 Å². The largest absolute Gasteiger partial charge is 0.319 e. The van der Waals surface area contributed by atoms with Crippen LogP contribution in [0.2, 0.25) is 0 Å². The van der Waals surface area contributed by atoms with E-state index in [1.165, 1.54) is 16.9 Å². The Morgan fingerprint density at radius 1 is 1.24 bits per heavy atom. The maximum Gasteiger partial charge on any atom is 0.265 e. The second-order valence-electron chi connectivity index (χ2n) is 4.47. The Labute approximate surface area is 134 Å². The number of halogens is 1. The fourth-order valence-corrected chi connectivity index (χ4v) is 3.20. The maximum absolute atomic E-state index is 12.0. The van der Waals surface area contributed by atoms with Crippen LogP contribution in [0.5, 0.6) is 0 Å². The third-order valence-corrected chi connectivity index (χ3v) is 4.50. The average Bonchev–Trinajstić information content (AvgIpc) is 3.09. The van der Waals surface area contributed by atoms with E-state index in [1.807, 2.05) is 42.6 Å². The van der Waals surface area contributed by atoms with E-state index in [1.54, 1.807) is 16.9 Å². The molecule has 0 aliphatic carbocycles. The molecule has 0 spiro atoms. The molecule has 0 radical (unpaired) electrons. The Kier molecular flexibility index (Phi) is 4.17. The fraction of sp³-hybridized carbons (Fsp3) is 0.0667. The molecule has 0 bridgehead atoms. The molecule has 21 heavy (non-hydrogen) atoms. The van der Waals surface area contributed by atoms with E-state index in [0.29, 0.717) is 17.1 Å². The van der Waals surface area contributed by atoms with Crippen molar-refractivity contribution in [3.63, 3.8) is 0 Å². The second-order valence-corrected chi connectivity index (χ2v) is 6.93. The van der Waals surface area contributed by atoms with Crippen molar-refractivity contribution in [1.82, 2.24) is 9.78 Å². The Balaban J connectivity index is 1.66. The van der Waals surface area contributed by atoms with Gasteiger partial charge in [-0.05, 0) is 33.6 Å². The van der Waals surface area contributed by atoms with Gasteiger partial charge in [-0.15, -0.1) is 11.3 Å². The number of nitrogens with one attached hydrogen (secondary N) is 1. The van der Waals surface area contributed by atoms with Crippen molar-refractivity contribution in [3.05, 3.63) is 69.1 Å². The Hall–Kier alpha value is -1.92. The van der Waals surface area contributed by atoms with Crippen molar-refractivity contribution >= 4 is 38.9 Å². The first kappa shape index (κ1) is 14.0. The number of hydrogen-bond donors (Lipinski definition) is 1. The molecule has 0 saturated carbocycles. The van der Waals surface area contributed by atoms with Gasteiger partial charge in [-0.1, -0.05) is 30.3 Å². The molecule has 6 heteroatoms. The van der Waals surface area contributed by atoms with Crippen LogP contribution < -0.4 is 5.32 Å². The van der Waals surface area contributed by atoms with Gasteiger partial charge >= 0.3 is 0 Å². The number of benzene rings is 1. The molecule has 0 fully saturated rings. The molecule has 1 amide bonds. The minimum absolute atomic E-state index is 0.120. The van der Waals surface area contributed by atoms with Crippen molar-refractivity contribution in [1.29, 1.82) is 0 Å². The van der Waals surface area contributed by atoms with Crippen molar-refractivity contribution in [2.45, 2.75) is 6.54 Å². The number of nitrogens with zero attached hydrogens (tertiary/aromatic N) is 2. The highest BCUT2D eigenvalue weighted by molar-refractivity contribution is 9.11. The topological polar surface area (TPSA) is 46.9 Å². The van der Waals surface area contributed by atoms with Gasteiger partial charge in [0, 0.05) is 6.20 Å². The van der Waals surface area contributed by atoms with Crippen LogP contribution in [0.15, 0.2) is 58.6 Å². The molecular weight excluding hydrogens is 350 g/mol. The minimum Gasteiger partial charge on any atom is -0.319 e. The molecule has 106 valence electrons. The summed E-state index contributed by atoms with van der Waals surface area (Å²) in [5, 5.41) is 7.10. The molecule has 3 aromatic rings. The van der Waals surface area contributed by atoms with Crippen molar-refractivity contribution in [2.75, 3.05) is 5.32 Å². The van der Waals surface area contributed by atoms with E-state index in [2.05, 4.69) is 26.3 Å². The number of carbonyl (C=O) groups excluding carboxylic acids is 1. The molecule has 2 aromatic heterocycles. The first-order chi connectivity index (χ1) is 10.2. The lowest BCUT2D eigenvalue weighted by molar-refractivity contribution is 0.103. The summed E-state index contributed by atoms with van der Waals surface area (Å²) in [4.78, 5) is 12.7. The highest BCUT2D eigenvalue weighted by atomic mass is 79.9. The van der Waals surface area contributed by atoms with E-state index in [4.69, 9.17) is 0 Å². The van der Waals surface area contributed by atoms with Crippen LogP contribution in [-0.2, 0) is 6.54 Å². The molecule has 4 nitrogen and oxygen atoms in total. The van der Waals surface area contributed by atoms with Gasteiger partial charge in [0.25, 0.3) is 5.91 Å². The summed E-state index contributed by atoms with van der Waals surface area (Å²) < 4.78 is 2.74. The normalized spacial score (nSPS) is 10.5. The van der Waals surface area contributed by atoms with Gasteiger partial charge in [-0.3, -0.25) is 9.48 Å². The third kappa shape index (κ3) is 3.59. The molecule has 0 unspecified atom stereocenters. The summed E-state index contributed by atoms with van der Waals surface area (Å²) in [6.45, 7) is 0.682. The zero-order valence-electron chi connectivity index (χ0n) is 11.0. The number of carbonyl (C=O) groups is 1. The van der Waals surface area contributed by atoms with Gasteiger partial charge in [-0.2, -0.15) is 5.10 Å². The standard InChI is InChI=1S/C15H12BrN3OS/c16-14-7-6-13(21-14)15(20)18-12-8-17-19(10-12)9-11-4-2-1-3-5-11/h1-8,10H,9H2,(H,18,20). The Morgan fingerprint density at radius 2 is 2.05 bits per heavy atom. The Morgan fingerprint density at radius 3 is 2.76 bits per heavy atom. The summed E-state index contributed by atoms with van der Waals surface area (Å²) in [6.07, 6.45) is 3.48. The number of anilines is 1. The van der Waals surface area contributed by atoms with Crippen LogP contribution >= 0.6 is 27.3 Å². The SMILES string of the molecule is O=C(Nc1cnn(Cc2ccccc2)c1)c1ccc(Br)s1. The number of aromatic nitrogens is 2. The summed E-state index contributed by atoms with van der Waals surface area (Å²) in [6, 6.07) is 13.7.